The molecule has 1 aliphatic rings. The molecule has 0 radical (unpaired) electrons. The molecular weight excluding hydrogens is 478 g/mol. The molecule has 2 heterocycles. The summed E-state index contributed by atoms with van der Waals surface area (Å²) in [6, 6.07) is 5.88. The Balaban J connectivity index is 1.99. The lowest BCUT2D eigenvalue weighted by Gasteiger charge is -2.41. The predicted molar refractivity (Wildman–Crippen MR) is 118 cm³/mol. The number of hydrogen-bond donors (Lipinski definition) is 1. The van der Waals surface area contributed by atoms with Crippen molar-refractivity contribution in [2.75, 3.05) is 18.0 Å². The average Bonchev–Trinajstić information content (AvgIpc) is 2.80. The van der Waals surface area contributed by atoms with Crippen molar-refractivity contribution >= 4 is 29.1 Å². The summed E-state index contributed by atoms with van der Waals surface area (Å²) in [5, 5.41) is 2.74. The van der Waals surface area contributed by atoms with Gasteiger partial charge in [0.1, 0.15) is 6.33 Å². The van der Waals surface area contributed by atoms with Gasteiger partial charge in [-0.1, -0.05) is 29.3 Å². The van der Waals surface area contributed by atoms with Gasteiger partial charge in [-0.05, 0) is 38.8 Å². The van der Waals surface area contributed by atoms with Gasteiger partial charge < -0.3 is 5.32 Å². The van der Waals surface area contributed by atoms with Crippen LogP contribution in [0.15, 0.2) is 43.0 Å². The van der Waals surface area contributed by atoms with Crippen molar-refractivity contribution in [3.8, 4) is 0 Å². The van der Waals surface area contributed by atoms with Crippen LogP contribution in [0.4, 0.5) is 23.2 Å². The molecule has 2 atom stereocenters. The van der Waals surface area contributed by atoms with Crippen LogP contribution in [-0.2, 0) is 15.1 Å². The second-order valence-corrected chi connectivity index (χ2v) is 8.60. The van der Waals surface area contributed by atoms with Gasteiger partial charge >= 0.3 is 6.30 Å². The van der Waals surface area contributed by atoms with Crippen molar-refractivity contribution in [2.45, 2.75) is 50.2 Å². The Labute approximate surface area is 199 Å². The number of aromatic nitrogens is 2. The first-order chi connectivity index (χ1) is 15.9. The molecule has 3 rings (SSSR count). The van der Waals surface area contributed by atoms with Crippen molar-refractivity contribution in [2.24, 2.45) is 0 Å². The molecule has 34 heavy (non-hydrogen) atoms. The molecule has 1 N–H and O–H groups in total. The molecule has 7 nitrogen and oxygen atoms in total. The average molecular weight is 502 g/mol. The fourth-order valence-corrected chi connectivity index (χ4v) is 4.01. The van der Waals surface area contributed by atoms with E-state index in [1.54, 1.807) is 24.3 Å². The molecular formula is C22H24ClF4N5O2. The van der Waals surface area contributed by atoms with E-state index in [4.69, 9.17) is 11.6 Å². The quantitative estimate of drug-likeness (QED) is 0.371. The highest BCUT2D eigenvalue weighted by Gasteiger charge is 2.48. The minimum absolute atomic E-state index is 0.0480. The molecule has 1 fully saturated rings. The summed E-state index contributed by atoms with van der Waals surface area (Å²) in [7, 11) is 0. The molecule has 1 aromatic carbocycles. The number of nitrogens with zero attached hydrogens (tertiary/aromatic N) is 4. The molecule has 12 heteroatoms. The number of carbonyl (C=O) groups is 2. The second-order valence-electron chi connectivity index (χ2n) is 8.21. The summed E-state index contributed by atoms with van der Waals surface area (Å²) < 4.78 is 53.0. The Kier molecular flexibility index (Phi) is 7.77. The largest absolute Gasteiger partial charge is 0.459 e. The maximum absolute atomic E-state index is 14.1. The second kappa shape index (κ2) is 10.2. The van der Waals surface area contributed by atoms with Gasteiger partial charge in [-0.25, -0.2) is 19.3 Å². The zero-order valence-corrected chi connectivity index (χ0v) is 19.3. The number of alkyl halides is 5. The van der Waals surface area contributed by atoms with Gasteiger partial charge in [0.25, 0.3) is 17.4 Å². The molecule has 1 saturated heterocycles. The monoisotopic (exact) mass is 501 g/mol. The highest BCUT2D eigenvalue weighted by atomic mass is 35.5. The van der Waals surface area contributed by atoms with Gasteiger partial charge in [0.2, 0.25) is 0 Å². The number of anilines is 1. The lowest BCUT2D eigenvalue weighted by atomic mass is 9.89. The predicted octanol–water partition coefficient (Wildman–Crippen LogP) is 3.67. The van der Waals surface area contributed by atoms with Gasteiger partial charge in [0.05, 0.1) is 0 Å². The van der Waals surface area contributed by atoms with Gasteiger partial charge in [0, 0.05) is 42.8 Å². The van der Waals surface area contributed by atoms with E-state index in [0.717, 1.165) is 10.5 Å². The van der Waals surface area contributed by atoms with Crippen LogP contribution in [0.5, 0.6) is 0 Å². The minimum atomic E-state index is -4.45. The topological polar surface area (TPSA) is 78.4 Å². The third kappa shape index (κ3) is 5.47. The lowest BCUT2D eigenvalue weighted by Crippen LogP contribution is -2.61. The van der Waals surface area contributed by atoms with E-state index in [9.17, 15) is 27.2 Å². The van der Waals surface area contributed by atoms with Crippen LogP contribution in [-0.4, -0.2) is 57.7 Å². The minimum Gasteiger partial charge on any atom is -0.351 e. The molecule has 2 amide bonds. The van der Waals surface area contributed by atoms with Crippen molar-refractivity contribution in [1.82, 2.24) is 20.2 Å². The van der Waals surface area contributed by atoms with E-state index < -0.39 is 35.3 Å². The zero-order valence-electron chi connectivity index (χ0n) is 18.5. The number of carbonyl (C=O) groups excluding carboxylic acids is 2. The SMILES string of the molecule is Cc1ccc(N(C(=O)[C@H](F)Cl)[C@@](C)(C(=O)NC2CCN(C(F)(F)F)CC2)c2cncnc2)cc1. The third-order valence-corrected chi connectivity index (χ3v) is 6.09. The number of aryl methyl sites for hydroxylation is 1. The van der Waals surface area contributed by atoms with Gasteiger partial charge in [-0.2, -0.15) is 13.2 Å². The van der Waals surface area contributed by atoms with Crippen LogP contribution in [0, 0.1) is 6.92 Å². The number of halogens is 5. The van der Waals surface area contributed by atoms with Crippen LogP contribution in [0.25, 0.3) is 0 Å². The highest BCUT2D eigenvalue weighted by molar-refractivity contribution is 6.32. The Bertz CT molecular complexity index is 999. The third-order valence-electron chi connectivity index (χ3n) is 5.90. The standard InChI is InChI=1S/C22H24ClF4N5O2/c1-14-3-5-17(6-4-14)32(19(33)18(23)24)21(2,15-11-28-13-29-12-15)20(34)30-16-7-9-31(10-8-16)22(25,26)27/h3-6,11-13,16,18H,7-10H2,1-2H3,(H,30,34)/t18-,21+/m0/s1. The van der Waals surface area contributed by atoms with Crippen molar-refractivity contribution in [3.05, 3.63) is 54.1 Å². The first-order valence-electron chi connectivity index (χ1n) is 10.5. The normalized spacial score (nSPS) is 18.1. The maximum atomic E-state index is 14.1. The number of rotatable bonds is 6. The van der Waals surface area contributed by atoms with Crippen LogP contribution in [0.3, 0.4) is 0 Å². The number of amides is 2. The maximum Gasteiger partial charge on any atom is 0.459 e. The fraction of sp³-hybridized carbons (Fsp3) is 0.455. The zero-order chi connectivity index (χ0) is 25.1. The summed E-state index contributed by atoms with van der Waals surface area (Å²) >= 11 is 5.52. The van der Waals surface area contributed by atoms with E-state index in [2.05, 4.69) is 15.3 Å². The van der Waals surface area contributed by atoms with Gasteiger partial charge in [-0.3, -0.25) is 14.5 Å². The van der Waals surface area contributed by atoms with Crippen LogP contribution in [0.2, 0.25) is 0 Å². The van der Waals surface area contributed by atoms with E-state index in [0.29, 0.717) is 4.90 Å². The Morgan fingerprint density at radius 3 is 2.21 bits per heavy atom. The first-order valence-corrected chi connectivity index (χ1v) is 11.0. The molecule has 184 valence electrons. The Morgan fingerprint density at radius 2 is 1.71 bits per heavy atom. The Hall–Kier alpha value is -2.79. The number of hydrogen-bond acceptors (Lipinski definition) is 5. The van der Waals surface area contributed by atoms with E-state index in [1.165, 1.54) is 25.6 Å². The highest BCUT2D eigenvalue weighted by Crippen LogP contribution is 2.35. The number of piperidine rings is 1. The summed E-state index contributed by atoms with van der Waals surface area (Å²) in [6.07, 6.45) is -0.496. The van der Waals surface area contributed by atoms with E-state index >= 15 is 0 Å². The molecule has 0 aliphatic carbocycles. The summed E-state index contributed by atoms with van der Waals surface area (Å²) in [4.78, 5) is 35.8. The number of likely N-dealkylation sites (tertiary alicyclic amines) is 1. The van der Waals surface area contributed by atoms with Crippen molar-refractivity contribution in [3.63, 3.8) is 0 Å². The van der Waals surface area contributed by atoms with E-state index in [-0.39, 0.29) is 37.2 Å². The Morgan fingerprint density at radius 1 is 1.15 bits per heavy atom. The van der Waals surface area contributed by atoms with Crippen molar-refractivity contribution in [1.29, 1.82) is 0 Å². The molecule has 0 spiro atoms. The lowest BCUT2D eigenvalue weighted by molar-refractivity contribution is -0.250. The van der Waals surface area contributed by atoms with Crippen LogP contribution in [0.1, 0.15) is 30.9 Å². The smallest absolute Gasteiger partial charge is 0.351 e. The molecule has 1 aromatic heterocycles. The number of nitrogens with one attached hydrogen (secondary N) is 1. The summed E-state index contributed by atoms with van der Waals surface area (Å²) in [6.45, 7) is 2.64. The number of benzene rings is 1. The molecule has 1 aliphatic heterocycles. The molecule has 0 saturated carbocycles. The van der Waals surface area contributed by atoms with Crippen LogP contribution < -0.4 is 10.2 Å². The summed E-state index contributed by atoms with van der Waals surface area (Å²) in [5.41, 5.74) is -3.06. The van der Waals surface area contributed by atoms with Gasteiger partial charge in [0.15, 0.2) is 5.54 Å². The first kappa shape index (κ1) is 25.8. The summed E-state index contributed by atoms with van der Waals surface area (Å²) in [5.74, 6) is -1.90. The molecule has 0 bridgehead atoms. The van der Waals surface area contributed by atoms with Gasteiger partial charge in [-0.15, -0.1) is 0 Å². The van der Waals surface area contributed by atoms with E-state index in [1.807, 2.05) is 6.92 Å². The molecule has 0 unspecified atom stereocenters. The van der Waals surface area contributed by atoms with Crippen molar-refractivity contribution < 1.29 is 27.2 Å². The fourth-order valence-electron chi connectivity index (χ4n) is 3.91. The van der Waals surface area contributed by atoms with Crippen LogP contribution >= 0.6 is 11.6 Å². The molecule has 2 aromatic rings.